The third kappa shape index (κ3) is 1.75. The molecule has 1 aliphatic heterocycles. The average molecular weight is 384 g/mol. The van der Waals surface area contributed by atoms with Crippen molar-refractivity contribution in [3.63, 3.8) is 0 Å². The second-order valence-corrected chi connectivity index (χ2v) is 7.09. The first-order valence-corrected chi connectivity index (χ1v) is 8.12. The molecule has 20 heavy (non-hydrogen) atoms. The predicted octanol–water partition coefficient (Wildman–Crippen LogP) is 1.44. The van der Waals surface area contributed by atoms with E-state index in [9.17, 15) is 0 Å². The van der Waals surface area contributed by atoms with Crippen LogP contribution in [0.5, 0.6) is 0 Å². The van der Waals surface area contributed by atoms with E-state index in [0.29, 0.717) is 11.5 Å². The molecule has 1 spiro atoms. The maximum Gasteiger partial charge on any atom is 0.212 e. The van der Waals surface area contributed by atoms with E-state index in [1.807, 2.05) is 10.6 Å². The van der Waals surface area contributed by atoms with Crippen molar-refractivity contribution in [3.8, 4) is 0 Å². The molecular formula is C13H17IN6. The van der Waals surface area contributed by atoms with Gasteiger partial charge in [0.2, 0.25) is 5.95 Å². The number of rotatable bonds is 1. The number of hydrogen-bond donors (Lipinski definition) is 1. The minimum absolute atomic E-state index is 0.407. The molecule has 0 amide bonds. The molecule has 6 nitrogen and oxygen atoms in total. The highest BCUT2D eigenvalue weighted by atomic mass is 127. The molecule has 1 atom stereocenters. The van der Waals surface area contributed by atoms with Gasteiger partial charge in [0.15, 0.2) is 5.65 Å². The van der Waals surface area contributed by atoms with Gasteiger partial charge >= 0.3 is 0 Å². The van der Waals surface area contributed by atoms with Crippen LogP contribution in [0, 0.1) is 8.99 Å². The molecule has 2 N–H and O–H groups in total. The fraction of sp³-hybridized carbons (Fsp3) is 0.615. The molecule has 7 heteroatoms. The molecule has 1 saturated carbocycles. The maximum atomic E-state index is 6.21. The lowest BCUT2D eigenvalue weighted by Crippen LogP contribution is -2.56. The molecule has 1 aliphatic carbocycles. The monoisotopic (exact) mass is 384 g/mol. The van der Waals surface area contributed by atoms with Crippen LogP contribution in [-0.2, 0) is 0 Å². The summed E-state index contributed by atoms with van der Waals surface area (Å²) in [4.78, 5) is 6.92. The number of halogens is 1. The lowest BCUT2D eigenvalue weighted by molar-refractivity contribution is 0.0608. The highest BCUT2D eigenvalue weighted by Crippen LogP contribution is 2.48. The number of nitrogens with zero attached hydrogens (tertiary/aromatic N) is 5. The first-order valence-electron chi connectivity index (χ1n) is 7.04. The van der Waals surface area contributed by atoms with Crippen molar-refractivity contribution in [2.45, 2.75) is 31.7 Å². The van der Waals surface area contributed by atoms with Gasteiger partial charge in [-0.25, -0.2) is 4.98 Å². The zero-order valence-electron chi connectivity index (χ0n) is 11.2. The Bertz CT molecular complexity index is 645. The Labute approximate surface area is 130 Å². The molecule has 3 heterocycles. The summed E-state index contributed by atoms with van der Waals surface area (Å²) < 4.78 is 3.01. The number of piperidine rings is 1. The highest BCUT2D eigenvalue weighted by Gasteiger charge is 2.46. The van der Waals surface area contributed by atoms with Crippen LogP contribution in [-0.4, -0.2) is 38.7 Å². The SMILES string of the molecule is N[C@@H]1CCC12CCN(c1ncc(I)c3nncn13)CC2. The van der Waals surface area contributed by atoms with Crippen molar-refractivity contribution in [2.24, 2.45) is 11.1 Å². The van der Waals surface area contributed by atoms with Crippen molar-refractivity contribution in [2.75, 3.05) is 18.0 Å². The third-order valence-corrected chi connectivity index (χ3v) is 5.81. The molecule has 106 valence electrons. The van der Waals surface area contributed by atoms with Crippen LogP contribution in [0.4, 0.5) is 5.95 Å². The normalized spacial score (nSPS) is 25.1. The maximum absolute atomic E-state index is 6.21. The lowest BCUT2D eigenvalue weighted by Gasteiger charge is -2.52. The zero-order chi connectivity index (χ0) is 13.7. The topological polar surface area (TPSA) is 72.3 Å². The Morgan fingerprint density at radius 3 is 2.75 bits per heavy atom. The number of fused-ring (bicyclic) bond motifs is 1. The van der Waals surface area contributed by atoms with Gasteiger partial charge in [0.25, 0.3) is 0 Å². The van der Waals surface area contributed by atoms with E-state index in [0.717, 1.165) is 28.3 Å². The van der Waals surface area contributed by atoms with Crippen molar-refractivity contribution in [1.82, 2.24) is 19.6 Å². The second-order valence-electron chi connectivity index (χ2n) is 5.93. The molecule has 0 aromatic carbocycles. The van der Waals surface area contributed by atoms with Gasteiger partial charge < -0.3 is 10.6 Å². The summed E-state index contributed by atoms with van der Waals surface area (Å²) in [6, 6.07) is 0.407. The molecular weight excluding hydrogens is 367 g/mol. The van der Waals surface area contributed by atoms with Crippen molar-refractivity contribution >= 4 is 34.2 Å². The summed E-state index contributed by atoms with van der Waals surface area (Å²) in [7, 11) is 0. The second kappa shape index (κ2) is 4.52. The van der Waals surface area contributed by atoms with Crippen molar-refractivity contribution in [1.29, 1.82) is 0 Å². The largest absolute Gasteiger partial charge is 0.342 e. The smallest absolute Gasteiger partial charge is 0.212 e. The Hall–Kier alpha value is -0.960. The van der Waals surface area contributed by atoms with Gasteiger partial charge in [-0.3, -0.25) is 4.40 Å². The summed E-state index contributed by atoms with van der Waals surface area (Å²) in [5.41, 5.74) is 7.50. The van der Waals surface area contributed by atoms with Gasteiger partial charge in [-0.05, 0) is 53.7 Å². The summed E-state index contributed by atoms with van der Waals surface area (Å²) >= 11 is 2.24. The first-order chi connectivity index (χ1) is 9.70. The summed E-state index contributed by atoms with van der Waals surface area (Å²) in [6.07, 6.45) is 8.46. The average Bonchev–Trinajstić information content (AvgIpc) is 2.97. The zero-order valence-corrected chi connectivity index (χ0v) is 13.3. The molecule has 2 aromatic heterocycles. The molecule has 2 aromatic rings. The number of aromatic nitrogens is 4. The molecule has 2 fully saturated rings. The van der Waals surface area contributed by atoms with Gasteiger partial charge in [0, 0.05) is 25.3 Å². The highest BCUT2D eigenvalue weighted by molar-refractivity contribution is 14.1. The van der Waals surface area contributed by atoms with Gasteiger partial charge in [0.05, 0.1) is 3.57 Å². The van der Waals surface area contributed by atoms with E-state index in [-0.39, 0.29) is 0 Å². The number of anilines is 1. The van der Waals surface area contributed by atoms with Gasteiger partial charge in [0.1, 0.15) is 6.33 Å². The van der Waals surface area contributed by atoms with Crippen LogP contribution >= 0.6 is 22.6 Å². The van der Waals surface area contributed by atoms with Crippen LogP contribution in [0.15, 0.2) is 12.5 Å². The van der Waals surface area contributed by atoms with E-state index >= 15 is 0 Å². The standard InChI is InChI=1S/C13H17IN6/c14-9-7-16-12(20-8-17-18-11(9)20)19-5-3-13(4-6-19)2-1-10(13)15/h7-8,10H,1-6,15H2/t10-/m1/s1. The lowest BCUT2D eigenvalue weighted by atomic mass is 9.60. The molecule has 2 aliphatic rings. The quantitative estimate of drug-likeness (QED) is 0.754. The van der Waals surface area contributed by atoms with E-state index in [1.54, 1.807) is 6.33 Å². The summed E-state index contributed by atoms with van der Waals surface area (Å²) in [5.74, 6) is 0.952. The fourth-order valence-electron chi connectivity index (χ4n) is 3.50. The molecule has 0 bridgehead atoms. The van der Waals surface area contributed by atoms with Gasteiger partial charge in [-0.15, -0.1) is 10.2 Å². The number of hydrogen-bond acceptors (Lipinski definition) is 5. The third-order valence-electron chi connectivity index (χ3n) is 5.05. The van der Waals surface area contributed by atoms with Crippen LogP contribution in [0.25, 0.3) is 5.65 Å². The van der Waals surface area contributed by atoms with Crippen LogP contribution in [0.2, 0.25) is 0 Å². The van der Waals surface area contributed by atoms with E-state index in [2.05, 4.69) is 42.7 Å². The molecule has 0 radical (unpaired) electrons. The number of nitrogens with two attached hydrogens (primary N) is 1. The Morgan fingerprint density at radius 1 is 1.30 bits per heavy atom. The fourth-order valence-corrected chi connectivity index (χ4v) is 4.01. The van der Waals surface area contributed by atoms with Crippen LogP contribution < -0.4 is 10.6 Å². The van der Waals surface area contributed by atoms with Gasteiger partial charge in [-0.2, -0.15) is 0 Å². The van der Waals surface area contributed by atoms with E-state index < -0.39 is 0 Å². The first kappa shape index (κ1) is 12.8. The van der Waals surface area contributed by atoms with E-state index in [1.165, 1.54) is 25.7 Å². The summed E-state index contributed by atoms with van der Waals surface area (Å²) in [6.45, 7) is 2.04. The minimum atomic E-state index is 0.407. The summed E-state index contributed by atoms with van der Waals surface area (Å²) in [5, 5.41) is 8.17. The molecule has 1 saturated heterocycles. The Balaban J connectivity index is 1.62. The van der Waals surface area contributed by atoms with Crippen molar-refractivity contribution < 1.29 is 0 Å². The molecule has 4 rings (SSSR count). The molecule has 0 unspecified atom stereocenters. The van der Waals surface area contributed by atoms with Crippen molar-refractivity contribution in [3.05, 3.63) is 16.1 Å². The van der Waals surface area contributed by atoms with E-state index in [4.69, 9.17) is 5.73 Å². The van der Waals surface area contributed by atoms with Gasteiger partial charge in [-0.1, -0.05) is 0 Å². The van der Waals surface area contributed by atoms with Crippen LogP contribution in [0.3, 0.4) is 0 Å². The minimum Gasteiger partial charge on any atom is -0.342 e. The Morgan fingerprint density at radius 2 is 2.10 bits per heavy atom. The predicted molar refractivity (Wildman–Crippen MR) is 84.6 cm³/mol. The van der Waals surface area contributed by atoms with Crippen LogP contribution in [0.1, 0.15) is 25.7 Å². The Kier molecular flexibility index (Phi) is 2.88.